The van der Waals surface area contributed by atoms with E-state index in [2.05, 4.69) is 10.3 Å². The summed E-state index contributed by atoms with van der Waals surface area (Å²) in [5.74, 6) is 0.628. The van der Waals surface area contributed by atoms with Crippen LogP contribution < -0.4 is 14.8 Å². The molecule has 1 aromatic heterocycles. The maximum Gasteiger partial charge on any atom is 0.256 e. The molecular formula is C17H17ClN2O4. The van der Waals surface area contributed by atoms with Crippen molar-refractivity contribution in [2.45, 2.75) is 12.5 Å². The molecule has 0 radical (unpaired) electrons. The molecule has 1 aromatic carbocycles. The minimum absolute atomic E-state index is 0.0242. The lowest BCUT2D eigenvalue weighted by molar-refractivity contribution is 0.102. The van der Waals surface area contributed by atoms with E-state index in [1.54, 1.807) is 30.3 Å². The van der Waals surface area contributed by atoms with Gasteiger partial charge in [0.05, 0.1) is 26.0 Å². The topological polar surface area (TPSA) is 69.7 Å². The Hall–Kier alpha value is -2.31. The number of hydrogen-bond donors (Lipinski definition) is 1. The highest BCUT2D eigenvalue weighted by molar-refractivity contribution is 6.31. The van der Waals surface area contributed by atoms with Crippen molar-refractivity contribution >= 4 is 23.2 Å². The van der Waals surface area contributed by atoms with E-state index in [0.717, 1.165) is 6.42 Å². The molecule has 1 fully saturated rings. The van der Waals surface area contributed by atoms with Gasteiger partial charge in [-0.05, 0) is 24.3 Å². The van der Waals surface area contributed by atoms with Crippen LogP contribution in [0.4, 0.5) is 5.69 Å². The van der Waals surface area contributed by atoms with Gasteiger partial charge in [-0.3, -0.25) is 4.79 Å². The van der Waals surface area contributed by atoms with Gasteiger partial charge in [0.15, 0.2) is 0 Å². The number of methoxy groups -OCH3 is 1. The third-order valence-electron chi connectivity index (χ3n) is 3.58. The molecule has 24 heavy (non-hydrogen) atoms. The molecule has 0 unspecified atom stereocenters. The summed E-state index contributed by atoms with van der Waals surface area (Å²) in [4.78, 5) is 16.6. The Bertz CT molecular complexity index is 732. The lowest BCUT2D eigenvalue weighted by Crippen LogP contribution is -2.17. The van der Waals surface area contributed by atoms with Gasteiger partial charge >= 0.3 is 0 Å². The Morgan fingerprint density at radius 1 is 1.38 bits per heavy atom. The van der Waals surface area contributed by atoms with Crippen molar-refractivity contribution in [3.8, 4) is 11.6 Å². The van der Waals surface area contributed by atoms with E-state index >= 15 is 0 Å². The monoisotopic (exact) mass is 348 g/mol. The van der Waals surface area contributed by atoms with Gasteiger partial charge in [-0.1, -0.05) is 11.6 Å². The third-order valence-corrected chi connectivity index (χ3v) is 3.82. The Balaban J connectivity index is 1.74. The molecule has 1 aliphatic heterocycles. The minimum Gasteiger partial charge on any atom is -0.495 e. The fraction of sp³-hybridized carbons (Fsp3) is 0.294. The molecule has 0 aliphatic carbocycles. The molecule has 1 saturated heterocycles. The van der Waals surface area contributed by atoms with Crippen LogP contribution in [-0.2, 0) is 4.74 Å². The van der Waals surface area contributed by atoms with E-state index in [0.29, 0.717) is 41.1 Å². The highest BCUT2D eigenvalue weighted by atomic mass is 35.5. The van der Waals surface area contributed by atoms with Gasteiger partial charge in [-0.25, -0.2) is 4.98 Å². The molecule has 0 bridgehead atoms. The number of rotatable bonds is 5. The number of anilines is 1. The maximum absolute atomic E-state index is 12.5. The van der Waals surface area contributed by atoms with Crippen LogP contribution in [0, 0.1) is 0 Å². The van der Waals surface area contributed by atoms with Crippen molar-refractivity contribution in [1.29, 1.82) is 0 Å². The van der Waals surface area contributed by atoms with Gasteiger partial charge in [0.1, 0.15) is 11.9 Å². The highest BCUT2D eigenvalue weighted by Crippen LogP contribution is 2.28. The number of aromatic nitrogens is 1. The molecule has 7 heteroatoms. The molecule has 0 spiro atoms. The smallest absolute Gasteiger partial charge is 0.256 e. The number of nitrogens with one attached hydrogen (secondary N) is 1. The molecule has 1 aliphatic rings. The van der Waals surface area contributed by atoms with Gasteiger partial charge < -0.3 is 19.5 Å². The summed E-state index contributed by atoms with van der Waals surface area (Å²) >= 11 is 5.97. The molecule has 0 saturated carbocycles. The Labute approximate surface area is 144 Å². The van der Waals surface area contributed by atoms with Gasteiger partial charge in [-0.2, -0.15) is 0 Å². The quantitative estimate of drug-likeness (QED) is 0.898. The number of hydrogen-bond acceptors (Lipinski definition) is 5. The fourth-order valence-electron chi connectivity index (χ4n) is 2.36. The number of halogens is 1. The summed E-state index contributed by atoms with van der Waals surface area (Å²) in [5.41, 5.74) is 0.930. The number of ether oxygens (including phenoxy) is 3. The van der Waals surface area contributed by atoms with E-state index in [-0.39, 0.29) is 12.0 Å². The zero-order valence-corrected chi connectivity index (χ0v) is 13.9. The fourth-order valence-corrected chi connectivity index (χ4v) is 2.54. The van der Waals surface area contributed by atoms with E-state index in [1.165, 1.54) is 13.3 Å². The van der Waals surface area contributed by atoms with Crippen molar-refractivity contribution in [3.05, 3.63) is 47.1 Å². The van der Waals surface area contributed by atoms with Crippen LogP contribution in [0.15, 0.2) is 36.5 Å². The summed E-state index contributed by atoms with van der Waals surface area (Å²) in [5, 5.41) is 3.29. The minimum atomic E-state index is -0.300. The summed E-state index contributed by atoms with van der Waals surface area (Å²) in [7, 11) is 1.53. The number of nitrogens with zero attached hydrogens (tertiary/aromatic N) is 1. The molecule has 126 valence electrons. The van der Waals surface area contributed by atoms with Crippen LogP contribution in [0.2, 0.25) is 5.02 Å². The van der Waals surface area contributed by atoms with Crippen LogP contribution in [0.5, 0.6) is 11.6 Å². The second-order valence-corrected chi connectivity index (χ2v) is 5.72. The van der Waals surface area contributed by atoms with Crippen LogP contribution in [0.25, 0.3) is 0 Å². The molecule has 1 atom stereocenters. The van der Waals surface area contributed by atoms with E-state index in [9.17, 15) is 4.79 Å². The van der Waals surface area contributed by atoms with Crippen LogP contribution >= 0.6 is 11.6 Å². The number of amides is 1. The summed E-state index contributed by atoms with van der Waals surface area (Å²) < 4.78 is 16.2. The second kappa shape index (κ2) is 7.51. The van der Waals surface area contributed by atoms with Crippen molar-refractivity contribution in [2.75, 3.05) is 25.6 Å². The normalized spacial score (nSPS) is 16.7. The largest absolute Gasteiger partial charge is 0.495 e. The van der Waals surface area contributed by atoms with Gasteiger partial charge in [0, 0.05) is 29.3 Å². The second-order valence-electron chi connectivity index (χ2n) is 5.28. The van der Waals surface area contributed by atoms with E-state index < -0.39 is 0 Å². The number of carbonyl (C=O) groups is 1. The van der Waals surface area contributed by atoms with Gasteiger partial charge in [-0.15, -0.1) is 0 Å². The first kappa shape index (κ1) is 16.5. The summed E-state index contributed by atoms with van der Waals surface area (Å²) in [6, 6.07) is 8.24. The first-order chi connectivity index (χ1) is 11.7. The number of benzene rings is 1. The molecule has 1 N–H and O–H groups in total. The first-order valence-corrected chi connectivity index (χ1v) is 7.89. The average molecular weight is 349 g/mol. The number of pyridine rings is 1. The molecular weight excluding hydrogens is 332 g/mol. The first-order valence-electron chi connectivity index (χ1n) is 7.51. The van der Waals surface area contributed by atoms with E-state index in [4.69, 9.17) is 25.8 Å². The molecule has 2 aromatic rings. The predicted molar refractivity (Wildman–Crippen MR) is 90.0 cm³/mol. The Kier molecular flexibility index (Phi) is 5.17. The van der Waals surface area contributed by atoms with Crippen LogP contribution in [0.3, 0.4) is 0 Å². The third kappa shape index (κ3) is 3.96. The highest BCUT2D eigenvalue weighted by Gasteiger charge is 2.18. The molecule has 2 heterocycles. The number of carbonyl (C=O) groups excluding carboxylic acids is 1. The summed E-state index contributed by atoms with van der Waals surface area (Å²) in [6.45, 7) is 1.22. The SMILES string of the molecule is COc1ccc(Cl)cc1NC(=O)c1ccnc(O[C@@H]2CCOC2)c1. The zero-order valence-electron chi connectivity index (χ0n) is 13.1. The Morgan fingerprint density at radius 2 is 2.25 bits per heavy atom. The van der Waals surface area contributed by atoms with E-state index in [1.807, 2.05) is 0 Å². The molecule has 1 amide bonds. The van der Waals surface area contributed by atoms with Crippen molar-refractivity contribution in [1.82, 2.24) is 4.98 Å². The Morgan fingerprint density at radius 3 is 3.00 bits per heavy atom. The standard InChI is InChI=1S/C17H17ClN2O4/c1-22-15-3-2-12(18)9-14(15)20-17(21)11-4-6-19-16(8-11)24-13-5-7-23-10-13/h2-4,6,8-9,13H,5,7,10H2,1H3,(H,20,21)/t13-/m1/s1. The van der Waals surface area contributed by atoms with Crippen molar-refractivity contribution < 1.29 is 19.0 Å². The van der Waals surface area contributed by atoms with Crippen LogP contribution in [-0.4, -0.2) is 37.3 Å². The molecule has 3 rings (SSSR count). The lowest BCUT2D eigenvalue weighted by Gasteiger charge is -2.13. The van der Waals surface area contributed by atoms with Crippen molar-refractivity contribution in [3.63, 3.8) is 0 Å². The van der Waals surface area contributed by atoms with Gasteiger partial charge in [0.25, 0.3) is 5.91 Å². The average Bonchev–Trinajstić information content (AvgIpc) is 3.08. The summed E-state index contributed by atoms with van der Waals surface area (Å²) in [6.07, 6.45) is 2.33. The van der Waals surface area contributed by atoms with Crippen LogP contribution in [0.1, 0.15) is 16.8 Å². The predicted octanol–water partition coefficient (Wildman–Crippen LogP) is 3.16. The van der Waals surface area contributed by atoms with Gasteiger partial charge in [0.2, 0.25) is 5.88 Å². The van der Waals surface area contributed by atoms with Crippen molar-refractivity contribution in [2.24, 2.45) is 0 Å². The zero-order chi connectivity index (χ0) is 16.9. The molecule has 6 nitrogen and oxygen atoms in total. The lowest BCUT2D eigenvalue weighted by atomic mass is 10.2. The maximum atomic E-state index is 12.5.